The van der Waals surface area contributed by atoms with E-state index in [1.165, 1.54) is 44.6 Å². The normalized spacial score (nSPS) is 19.3. The van der Waals surface area contributed by atoms with E-state index in [4.69, 9.17) is 0 Å². The molecule has 0 heterocycles. The van der Waals surface area contributed by atoms with Crippen molar-refractivity contribution in [1.82, 2.24) is 0 Å². The summed E-state index contributed by atoms with van der Waals surface area (Å²) in [6, 6.07) is 13.7. The highest BCUT2D eigenvalue weighted by molar-refractivity contribution is 5.89. The predicted molar refractivity (Wildman–Crippen MR) is 120 cm³/mol. The van der Waals surface area contributed by atoms with E-state index in [0.717, 1.165) is 29.9 Å². The number of phenolic OH excluding ortho intramolecular Hbond substituents is 1. The van der Waals surface area contributed by atoms with Gasteiger partial charge in [0.2, 0.25) is 0 Å². The molecule has 0 unspecified atom stereocenters. The Morgan fingerprint density at radius 3 is 2.43 bits per heavy atom. The number of aromatic hydroxyl groups is 1. The molecule has 0 saturated heterocycles. The van der Waals surface area contributed by atoms with Crippen molar-refractivity contribution in [3.05, 3.63) is 65.7 Å². The van der Waals surface area contributed by atoms with Crippen LogP contribution in [0.25, 0.3) is 21.9 Å². The maximum absolute atomic E-state index is 15.0. The van der Waals surface area contributed by atoms with Crippen LogP contribution >= 0.6 is 0 Å². The van der Waals surface area contributed by atoms with Gasteiger partial charge in [-0.2, -0.15) is 0 Å². The van der Waals surface area contributed by atoms with Crippen LogP contribution in [0.5, 0.6) is 5.75 Å². The fourth-order valence-corrected chi connectivity index (χ4v) is 4.93. The molecular formula is C27H30F2O. The molecule has 4 rings (SSSR count). The molecule has 1 aliphatic rings. The van der Waals surface area contributed by atoms with Crippen molar-refractivity contribution in [2.45, 2.75) is 64.2 Å². The van der Waals surface area contributed by atoms with Crippen molar-refractivity contribution < 1.29 is 13.9 Å². The number of hydrogen-bond acceptors (Lipinski definition) is 1. The SMILES string of the molecule is CCCCCC1CCC(c2ccc(-c3ccc4c(F)c(O)ccc4c3)c(F)c2)CC1. The van der Waals surface area contributed by atoms with Crippen molar-refractivity contribution in [2.24, 2.45) is 5.92 Å². The van der Waals surface area contributed by atoms with Gasteiger partial charge in [0.05, 0.1) is 0 Å². The minimum atomic E-state index is -0.639. The van der Waals surface area contributed by atoms with E-state index in [9.17, 15) is 9.50 Å². The number of unbranched alkanes of at least 4 members (excludes halogenated alkanes) is 2. The number of phenols is 1. The van der Waals surface area contributed by atoms with Gasteiger partial charge in [0.1, 0.15) is 5.82 Å². The first-order chi connectivity index (χ1) is 14.6. The number of rotatable bonds is 6. The lowest BCUT2D eigenvalue weighted by atomic mass is 9.77. The highest BCUT2D eigenvalue weighted by Crippen LogP contribution is 2.39. The third kappa shape index (κ3) is 4.35. The van der Waals surface area contributed by atoms with Crippen LogP contribution in [0.1, 0.15) is 69.8 Å². The zero-order valence-electron chi connectivity index (χ0n) is 17.6. The lowest BCUT2D eigenvalue weighted by Crippen LogP contribution is -2.13. The summed E-state index contributed by atoms with van der Waals surface area (Å²) in [5.74, 6) is 0.0567. The van der Waals surface area contributed by atoms with Gasteiger partial charge >= 0.3 is 0 Å². The lowest BCUT2D eigenvalue weighted by molar-refractivity contribution is 0.302. The van der Waals surface area contributed by atoms with Gasteiger partial charge in [0.15, 0.2) is 11.6 Å². The Hall–Kier alpha value is -2.42. The van der Waals surface area contributed by atoms with E-state index in [2.05, 4.69) is 13.0 Å². The molecule has 0 amide bonds. The van der Waals surface area contributed by atoms with Crippen molar-refractivity contribution in [2.75, 3.05) is 0 Å². The standard InChI is InChI=1S/C27H30F2O/c1-2-3-4-5-18-6-8-19(9-7-18)20-10-13-23(25(28)17-20)21-11-14-24-22(16-21)12-15-26(30)27(24)29/h10-19,30H,2-9H2,1H3. The van der Waals surface area contributed by atoms with Crippen molar-refractivity contribution in [1.29, 1.82) is 0 Å². The predicted octanol–water partition coefficient (Wildman–Crippen LogP) is 8.34. The van der Waals surface area contributed by atoms with E-state index >= 15 is 4.39 Å². The summed E-state index contributed by atoms with van der Waals surface area (Å²) in [5, 5.41) is 10.5. The summed E-state index contributed by atoms with van der Waals surface area (Å²) >= 11 is 0. The van der Waals surface area contributed by atoms with Crippen LogP contribution in [0.4, 0.5) is 8.78 Å². The highest BCUT2D eigenvalue weighted by Gasteiger charge is 2.23. The Morgan fingerprint density at radius 1 is 0.900 bits per heavy atom. The summed E-state index contributed by atoms with van der Waals surface area (Å²) in [4.78, 5) is 0. The van der Waals surface area contributed by atoms with Gasteiger partial charge in [-0.05, 0) is 72.2 Å². The van der Waals surface area contributed by atoms with Crippen LogP contribution in [-0.2, 0) is 0 Å². The Bertz CT molecular complexity index is 1020. The van der Waals surface area contributed by atoms with Gasteiger partial charge in [-0.3, -0.25) is 0 Å². The Balaban J connectivity index is 1.49. The summed E-state index contributed by atoms with van der Waals surface area (Å²) < 4.78 is 29.1. The van der Waals surface area contributed by atoms with Crippen LogP contribution in [0.15, 0.2) is 48.5 Å². The van der Waals surface area contributed by atoms with Crippen molar-refractivity contribution in [3.8, 4) is 16.9 Å². The van der Waals surface area contributed by atoms with E-state index in [-0.39, 0.29) is 11.6 Å². The fraction of sp³-hybridized carbons (Fsp3) is 0.407. The first kappa shape index (κ1) is 20.8. The molecule has 3 aromatic carbocycles. The molecule has 158 valence electrons. The minimum absolute atomic E-state index is 0.226. The van der Waals surface area contributed by atoms with Crippen LogP contribution in [0, 0.1) is 17.6 Å². The second-order valence-corrected chi connectivity index (χ2v) is 8.79. The van der Waals surface area contributed by atoms with E-state index < -0.39 is 5.82 Å². The topological polar surface area (TPSA) is 20.2 Å². The Morgan fingerprint density at radius 2 is 1.70 bits per heavy atom. The monoisotopic (exact) mass is 408 g/mol. The summed E-state index contributed by atoms with van der Waals surface area (Å²) in [6.07, 6.45) is 10.1. The molecule has 3 heteroatoms. The molecule has 3 aromatic rings. The lowest BCUT2D eigenvalue weighted by Gasteiger charge is -2.29. The Kier molecular flexibility index (Phi) is 6.36. The zero-order chi connectivity index (χ0) is 21.1. The molecule has 1 N–H and O–H groups in total. The summed E-state index contributed by atoms with van der Waals surface area (Å²) in [5.41, 5.74) is 2.35. The second-order valence-electron chi connectivity index (χ2n) is 8.79. The van der Waals surface area contributed by atoms with Crippen LogP contribution < -0.4 is 0 Å². The van der Waals surface area contributed by atoms with Gasteiger partial charge in [-0.1, -0.05) is 62.9 Å². The molecule has 1 fully saturated rings. The number of halogens is 2. The first-order valence-electron chi connectivity index (χ1n) is 11.3. The average Bonchev–Trinajstić information content (AvgIpc) is 2.77. The fourth-order valence-electron chi connectivity index (χ4n) is 4.93. The molecule has 0 aliphatic heterocycles. The van der Waals surface area contributed by atoms with E-state index in [0.29, 0.717) is 22.3 Å². The molecule has 1 aliphatic carbocycles. The molecule has 0 bridgehead atoms. The van der Waals surface area contributed by atoms with Gasteiger partial charge in [-0.25, -0.2) is 8.78 Å². The second kappa shape index (κ2) is 9.16. The molecule has 1 saturated carbocycles. The molecule has 30 heavy (non-hydrogen) atoms. The zero-order valence-corrected chi connectivity index (χ0v) is 17.6. The van der Waals surface area contributed by atoms with Crippen molar-refractivity contribution in [3.63, 3.8) is 0 Å². The molecule has 0 spiro atoms. The maximum atomic E-state index is 15.0. The maximum Gasteiger partial charge on any atom is 0.172 e. The van der Waals surface area contributed by atoms with Gasteiger partial charge in [0, 0.05) is 10.9 Å². The van der Waals surface area contributed by atoms with Gasteiger partial charge in [0.25, 0.3) is 0 Å². The smallest absolute Gasteiger partial charge is 0.172 e. The van der Waals surface area contributed by atoms with E-state index in [1.807, 2.05) is 6.07 Å². The molecule has 0 atom stereocenters. The van der Waals surface area contributed by atoms with Crippen LogP contribution in [0.3, 0.4) is 0 Å². The summed E-state index contributed by atoms with van der Waals surface area (Å²) in [6.45, 7) is 2.25. The molecule has 0 radical (unpaired) electrons. The molecule has 1 nitrogen and oxygen atoms in total. The van der Waals surface area contributed by atoms with Crippen LogP contribution in [-0.4, -0.2) is 5.11 Å². The Labute approximate surface area is 177 Å². The van der Waals surface area contributed by atoms with E-state index in [1.54, 1.807) is 30.3 Å². The molecular weight excluding hydrogens is 378 g/mol. The third-order valence-electron chi connectivity index (χ3n) is 6.77. The number of hydrogen-bond donors (Lipinski definition) is 1. The largest absolute Gasteiger partial charge is 0.505 e. The van der Waals surface area contributed by atoms with Gasteiger partial charge in [-0.15, -0.1) is 0 Å². The number of benzene rings is 3. The van der Waals surface area contributed by atoms with Crippen molar-refractivity contribution >= 4 is 10.8 Å². The average molecular weight is 409 g/mol. The van der Waals surface area contributed by atoms with Gasteiger partial charge < -0.3 is 5.11 Å². The van der Waals surface area contributed by atoms with Crippen LogP contribution in [0.2, 0.25) is 0 Å². The first-order valence-corrected chi connectivity index (χ1v) is 11.3. The summed E-state index contributed by atoms with van der Waals surface area (Å²) in [7, 11) is 0. The highest BCUT2D eigenvalue weighted by atomic mass is 19.1. The third-order valence-corrected chi connectivity index (χ3v) is 6.77. The molecule has 0 aromatic heterocycles. The number of fused-ring (bicyclic) bond motifs is 1. The quantitative estimate of drug-likeness (QED) is 0.406. The minimum Gasteiger partial charge on any atom is -0.505 e.